The van der Waals surface area contributed by atoms with E-state index in [1.54, 1.807) is 30.7 Å². The maximum absolute atomic E-state index is 15.0. The molecule has 1 atom stereocenters. The largest absolute Gasteiger partial charge is 0.376 e. The molecule has 2 N–H and O–H groups in total. The van der Waals surface area contributed by atoms with Crippen molar-refractivity contribution in [2.45, 2.75) is 32.1 Å². The summed E-state index contributed by atoms with van der Waals surface area (Å²) in [5.41, 5.74) is 7.98. The van der Waals surface area contributed by atoms with E-state index in [0.29, 0.717) is 22.7 Å². The first-order chi connectivity index (χ1) is 20.9. The molecule has 1 saturated heterocycles. The lowest BCUT2D eigenvalue weighted by Gasteiger charge is -2.19. The summed E-state index contributed by atoms with van der Waals surface area (Å²) in [6, 6.07) is 11.2. The van der Waals surface area contributed by atoms with Crippen LogP contribution in [0.1, 0.15) is 37.7 Å². The summed E-state index contributed by atoms with van der Waals surface area (Å²) in [5, 5.41) is 8.54. The molecule has 6 heterocycles. The molecule has 218 valence electrons. The first-order valence-corrected chi connectivity index (χ1v) is 14.8. The monoisotopic (exact) mass is 575 g/mol. The van der Waals surface area contributed by atoms with E-state index in [4.69, 9.17) is 4.98 Å². The molecule has 6 aromatic rings. The van der Waals surface area contributed by atoms with E-state index in [1.165, 1.54) is 25.9 Å². The minimum absolute atomic E-state index is 0.232. The molecule has 1 unspecified atom stereocenters. The highest BCUT2D eigenvalue weighted by Crippen LogP contribution is 2.33. The Labute approximate surface area is 249 Å². The Balaban J connectivity index is 1.24. The first kappa shape index (κ1) is 27.2. The Morgan fingerprint density at radius 1 is 0.953 bits per heavy atom. The smallest absolute Gasteiger partial charge is 0.159 e. The third-order valence-electron chi connectivity index (χ3n) is 8.45. The van der Waals surface area contributed by atoms with Crippen LogP contribution in [0.5, 0.6) is 0 Å². The van der Waals surface area contributed by atoms with Crippen molar-refractivity contribution in [3.8, 4) is 34.0 Å². The minimum Gasteiger partial charge on any atom is -0.376 e. The molecule has 1 aromatic carbocycles. The van der Waals surface area contributed by atoms with E-state index in [2.05, 4.69) is 54.1 Å². The fourth-order valence-corrected chi connectivity index (χ4v) is 5.91. The number of likely N-dealkylation sites (tertiary alicyclic amines) is 1. The molecule has 7 rings (SSSR count). The van der Waals surface area contributed by atoms with E-state index in [1.807, 2.05) is 37.3 Å². The highest BCUT2D eigenvalue weighted by molar-refractivity contribution is 5.97. The summed E-state index contributed by atoms with van der Waals surface area (Å²) in [6.45, 7) is 5.54. The average Bonchev–Trinajstić information content (AvgIpc) is 3.78. The van der Waals surface area contributed by atoms with E-state index in [9.17, 15) is 4.39 Å². The second kappa shape index (κ2) is 11.2. The van der Waals surface area contributed by atoms with Crippen LogP contribution in [-0.2, 0) is 0 Å². The van der Waals surface area contributed by atoms with Crippen LogP contribution >= 0.6 is 0 Å². The van der Waals surface area contributed by atoms with Gasteiger partial charge in [0, 0.05) is 43.0 Å². The number of nitrogens with one attached hydrogen (secondary N) is 2. The first-order valence-electron chi connectivity index (χ1n) is 14.8. The van der Waals surface area contributed by atoms with Gasteiger partial charge < -0.3 is 14.8 Å². The van der Waals surface area contributed by atoms with Crippen molar-refractivity contribution in [1.82, 2.24) is 40.0 Å². The predicted molar refractivity (Wildman–Crippen MR) is 168 cm³/mol. The molecule has 10 heteroatoms. The average molecular weight is 576 g/mol. The second-order valence-electron chi connectivity index (χ2n) is 11.7. The number of halogens is 1. The predicted octanol–water partition coefficient (Wildman–Crippen LogP) is 6.42. The number of rotatable bonds is 8. The number of anilines is 1. The number of pyridine rings is 3. The van der Waals surface area contributed by atoms with Gasteiger partial charge in [-0.15, -0.1) is 0 Å². The number of H-pyrrole nitrogens is 2. The second-order valence-corrected chi connectivity index (χ2v) is 11.7. The summed E-state index contributed by atoms with van der Waals surface area (Å²) in [6.07, 6.45) is 10.7. The third kappa shape index (κ3) is 5.34. The van der Waals surface area contributed by atoms with Gasteiger partial charge in [0.15, 0.2) is 5.82 Å². The number of fused-ring (bicyclic) bond motifs is 2. The van der Waals surface area contributed by atoms with E-state index >= 15 is 0 Å². The molecule has 0 amide bonds. The number of aromatic nitrogens is 7. The summed E-state index contributed by atoms with van der Waals surface area (Å²) in [7, 11) is 3.97. The van der Waals surface area contributed by atoms with Crippen molar-refractivity contribution in [3.05, 3.63) is 72.6 Å². The molecule has 5 aromatic heterocycles. The number of hydrogen-bond donors (Lipinski definition) is 2. The van der Waals surface area contributed by atoms with E-state index in [-0.39, 0.29) is 11.7 Å². The van der Waals surface area contributed by atoms with Gasteiger partial charge in [-0.25, -0.2) is 9.37 Å². The maximum atomic E-state index is 15.0. The Hall–Kier alpha value is -4.70. The lowest BCUT2D eigenvalue weighted by atomic mass is 9.94. The van der Waals surface area contributed by atoms with E-state index in [0.717, 1.165) is 57.5 Å². The van der Waals surface area contributed by atoms with Gasteiger partial charge in [0.2, 0.25) is 0 Å². The van der Waals surface area contributed by atoms with Gasteiger partial charge in [-0.2, -0.15) is 5.10 Å². The molecule has 0 aliphatic carbocycles. The van der Waals surface area contributed by atoms with Crippen LogP contribution < -0.4 is 4.90 Å². The zero-order valence-electron chi connectivity index (χ0n) is 24.6. The quantitative estimate of drug-likeness (QED) is 0.216. The Kier molecular flexibility index (Phi) is 7.06. The number of imidazole rings is 1. The van der Waals surface area contributed by atoms with Gasteiger partial charge in [0.05, 0.1) is 40.5 Å². The SMILES string of the molecule is CC(CCN1CCCC1)c1cc(F)cc(-c2nccc3[nH]c(-c4n[nH]c5cnc(-c6cncc(N(C)C)c6)cc45)nc23)c1. The van der Waals surface area contributed by atoms with Crippen molar-refractivity contribution >= 4 is 27.6 Å². The van der Waals surface area contributed by atoms with Gasteiger partial charge in [-0.1, -0.05) is 6.92 Å². The molecular weight excluding hydrogens is 541 g/mol. The molecule has 43 heavy (non-hydrogen) atoms. The fraction of sp³-hybridized carbons (Fsp3) is 0.303. The van der Waals surface area contributed by atoms with Crippen molar-refractivity contribution in [3.63, 3.8) is 0 Å². The minimum atomic E-state index is -0.263. The van der Waals surface area contributed by atoms with Gasteiger partial charge in [0.25, 0.3) is 0 Å². The maximum Gasteiger partial charge on any atom is 0.159 e. The lowest BCUT2D eigenvalue weighted by Crippen LogP contribution is -2.21. The number of aromatic amines is 2. The molecule has 9 nitrogen and oxygen atoms in total. The highest BCUT2D eigenvalue weighted by atomic mass is 19.1. The normalized spacial score (nSPS) is 14.6. The van der Waals surface area contributed by atoms with Crippen LogP contribution in [0.2, 0.25) is 0 Å². The summed E-state index contributed by atoms with van der Waals surface area (Å²) in [4.78, 5) is 26.6. The Bertz CT molecular complexity index is 1920. The van der Waals surface area contributed by atoms with Crippen molar-refractivity contribution in [1.29, 1.82) is 0 Å². The molecule has 1 fully saturated rings. The van der Waals surface area contributed by atoms with Crippen LogP contribution in [0.25, 0.3) is 56.0 Å². The Morgan fingerprint density at radius 3 is 2.65 bits per heavy atom. The highest BCUT2D eigenvalue weighted by Gasteiger charge is 2.19. The van der Waals surface area contributed by atoms with Crippen LogP contribution in [0.3, 0.4) is 0 Å². The number of hydrogen-bond acceptors (Lipinski definition) is 7. The van der Waals surface area contributed by atoms with Crippen LogP contribution in [0.15, 0.2) is 61.2 Å². The molecule has 0 saturated carbocycles. The van der Waals surface area contributed by atoms with Crippen molar-refractivity contribution in [2.75, 3.05) is 38.6 Å². The molecule has 0 bridgehead atoms. The van der Waals surface area contributed by atoms with E-state index < -0.39 is 0 Å². The third-order valence-corrected chi connectivity index (χ3v) is 8.45. The van der Waals surface area contributed by atoms with Gasteiger partial charge in [-0.05, 0) is 86.8 Å². The number of nitrogens with zero attached hydrogens (tertiary/aromatic N) is 7. The summed E-state index contributed by atoms with van der Waals surface area (Å²) >= 11 is 0. The van der Waals surface area contributed by atoms with Crippen LogP contribution in [-0.4, -0.2) is 73.7 Å². The fourth-order valence-electron chi connectivity index (χ4n) is 5.91. The van der Waals surface area contributed by atoms with Gasteiger partial charge in [-0.3, -0.25) is 20.1 Å². The topological polar surface area (TPSA) is 103 Å². The molecule has 1 aliphatic rings. The summed E-state index contributed by atoms with van der Waals surface area (Å²) < 4.78 is 15.0. The number of benzene rings is 1. The lowest BCUT2D eigenvalue weighted by molar-refractivity contribution is 0.324. The zero-order valence-corrected chi connectivity index (χ0v) is 24.6. The standard InChI is InChI=1S/C33H34FN9/c1-20(7-11-43-9-4-5-10-43)21-12-22(14-24(34)13-21)30-32-27(6-8-36-30)38-33(39-32)31-26-16-28(37-19-29(26)40-41-31)23-15-25(42(2)3)18-35-17-23/h6,8,12-20H,4-5,7,9-11H2,1-3H3,(H,38,39)(H,40,41). The molecular formula is C33H34FN9. The van der Waals surface area contributed by atoms with Gasteiger partial charge in [0.1, 0.15) is 17.0 Å². The Morgan fingerprint density at radius 2 is 1.81 bits per heavy atom. The van der Waals surface area contributed by atoms with Crippen LogP contribution in [0.4, 0.5) is 10.1 Å². The molecule has 0 spiro atoms. The van der Waals surface area contributed by atoms with Crippen molar-refractivity contribution < 1.29 is 4.39 Å². The molecule has 1 aliphatic heterocycles. The molecule has 0 radical (unpaired) electrons. The van der Waals surface area contributed by atoms with Gasteiger partial charge >= 0.3 is 0 Å². The van der Waals surface area contributed by atoms with Crippen molar-refractivity contribution in [2.24, 2.45) is 0 Å². The summed E-state index contributed by atoms with van der Waals surface area (Å²) in [5.74, 6) is 0.570. The van der Waals surface area contributed by atoms with Crippen LogP contribution in [0, 0.1) is 5.82 Å². The zero-order chi connectivity index (χ0) is 29.5.